The van der Waals surface area contributed by atoms with Crippen molar-refractivity contribution in [3.63, 3.8) is 0 Å². The van der Waals surface area contributed by atoms with Crippen LogP contribution in [0.1, 0.15) is 23.2 Å². The summed E-state index contributed by atoms with van der Waals surface area (Å²) < 4.78 is 29.2. The number of carbonyl (C=O) groups is 1. The number of hydrogen-bond donors (Lipinski definition) is 1. The summed E-state index contributed by atoms with van der Waals surface area (Å²) in [5, 5.41) is 0. The van der Waals surface area contributed by atoms with E-state index in [1.807, 2.05) is 0 Å². The lowest BCUT2D eigenvalue weighted by Gasteiger charge is -2.19. The molecule has 2 heterocycles. The molecule has 2 fully saturated rings. The van der Waals surface area contributed by atoms with Crippen LogP contribution in [0, 0.1) is 11.8 Å². The van der Waals surface area contributed by atoms with Crippen molar-refractivity contribution in [2.24, 2.45) is 17.6 Å². The van der Waals surface area contributed by atoms with E-state index >= 15 is 0 Å². The van der Waals surface area contributed by atoms with Gasteiger partial charge in [0.2, 0.25) is 5.88 Å². The van der Waals surface area contributed by atoms with E-state index in [9.17, 15) is 13.6 Å². The van der Waals surface area contributed by atoms with Crippen LogP contribution in [0.5, 0.6) is 5.88 Å². The van der Waals surface area contributed by atoms with E-state index in [4.69, 9.17) is 10.5 Å². The van der Waals surface area contributed by atoms with Crippen molar-refractivity contribution in [3.05, 3.63) is 23.9 Å². The number of carbonyl (C=O) groups excluding carboxylic acids is 1. The average Bonchev–Trinajstić information content (AvgIpc) is 3.07. The standard InChI is InChI=1S/C15H19F2N3O2/c16-13(17)8-22-14-5-9(3-4-19-14)15(21)20-6-10-1-2-12(18)11(10)7-20/h3-5,10-13H,1-2,6-8,18H2. The van der Waals surface area contributed by atoms with E-state index in [0.717, 1.165) is 12.8 Å². The first kappa shape index (κ1) is 15.1. The number of nitrogens with two attached hydrogens (primary N) is 1. The summed E-state index contributed by atoms with van der Waals surface area (Å²) in [7, 11) is 0. The van der Waals surface area contributed by atoms with Crippen molar-refractivity contribution in [3.8, 4) is 5.88 Å². The third-order valence-corrected chi connectivity index (χ3v) is 4.54. The second kappa shape index (κ2) is 6.16. The Morgan fingerprint density at radius 3 is 3.00 bits per heavy atom. The van der Waals surface area contributed by atoms with Gasteiger partial charge in [-0.25, -0.2) is 13.8 Å². The topological polar surface area (TPSA) is 68.5 Å². The Morgan fingerprint density at radius 1 is 1.45 bits per heavy atom. The summed E-state index contributed by atoms with van der Waals surface area (Å²) in [6, 6.07) is 3.16. The average molecular weight is 311 g/mol. The number of hydrogen-bond acceptors (Lipinski definition) is 4. The fourth-order valence-electron chi connectivity index (χ4n) is 3.43. The fourth-order valence-corrected chi connectivity index (χ4v) is 3.43. The van der Waals surface area contributed by atoms with Gasteiger partial charge < -0.3 is 15.4 Å². The lowest BCUT2D eigenvalue weighted by atomic mass is 9.98. The number of pyridine rings is 1. The lowest BCUT2D eigenvalue weighted by molar-refractivity contribution is 0.0769. The molecule has 0 radical (unpaired) electrons. The maximum atomic E-state index is 12.5. The Labute approximate surface area is 127 Å². The number of ether oxygens (including phenoxy) is 1. The molecule has 0 aromatic carbocycles. The van der Waals surface area contributed by atoms with Crippen molar-refractivity contribution < 1.29 is 18.3 Å². The molecule has 3 rings (SSSR count). The molecule has 0 spiro atoms. The first-order chi connectivity index (χ1) is 10.5. The van der Waals surface area contributed by atoms with Crippen LogP contribution >= 0.6 is 0 Å². The lowest BCUT2D eigenvalue weighted by Crippen LogP contribution is -2.33. The first-order valence-electron chi connectivity index (χ1n) is 7.46. The number of alkyl halides is 2. The molecule has 22 heavy (non-hydrogen) atoms. The molecule has 0 bridgehead atoms. The number of nitrogens with zero attached hydrogens (tertiary/aromatic N) is 2. The van der Waals surface area contributed by atoms with E-state index in [-0.39, 0.29) is 17.8 Å². The molecular formula is C15H19F2N3O2. The van der Waals surface area contributed by atoms with Gasteiger partial charge in [-0.3, -0.25) is 4.79 Å². The molecular weight excluding hydrogens is 292 g/mol. The highest BCUT2D eigenvalue weighted by Gasteiger charge is 2.42. The molecule has 7 heteroatoms. The van der Waals surface area contributed by atoms with Gasteiger partial charge in [0.1, 0.15) is 0 Å². The van der Waals surface area contributed by atoms with Crippen LogP contribution in [0.15, 0.2) is 18.3 Å². The minimum atomic E-state index is -2.57. The SMILES string of the molecule is NC1CCC2CN(C(=O)c3ccnc(OCC(F)F)c3)CC12. The smallest absolute Gasteiger partial charge is 0.272 e. The van der Waals surface area contributed by atoms with E-state index < -0.39 is 13.0 Å². The maximum absolute atomic E-state index is 12.5. The van der Waals surface area contributed by atoms with E-state index in [0.29, 0.717) is 30.5 Å². The van der Waals surface area contributed by atoms with E-state index in [1.165, 1.54) is 12.3 Å². The normalized spacial score (nSPS) is 27.3. The molecule has 1 aliphatic carbocycles. The number of aromatic nitrogens is 1. The minimum Gasteiger partial charge on any atom is -0.472 e. The zero-order valence-electron chi connectivity index (χ0n) is 12.1. The molecule has 1 aromatic heterocycles. The molecule has 3 atom stereocenters. The van der Waals surface area contributed by atoms with Crippen molar-refractivity contribution in [2.75, 3.05) is 19.7 Å². The summed E-state index contributed by atoms with van der Waals surface area (Å²) in [6.07, 6.45) is 0.921. The van der Waals surface area contributed by atoms with Crippen LogP contribution in [0.25, 0.3) is 0 Å². The van der Waals surface area contributed by atoms with E-state index in [2.05, 4.69) is 4.98 Å². The van der Waals surface area contributed by atoms with Crippen molar-refractivity contribution in [1.29, 1.82) is 0 Å². The van der Waals surface area contributed by atoms with E-state index in [1.54, 1.807) is 11.0 Å². The van der Waals surface area contributed by atoms with Crippen molar-refractivity contribution in [1.82, 2.24) is 9.88 Å². The Balaban J connectivity index is 1.66. The summed E-state index contributed by atoms with van der Waals surface area (Å²) in [4.78, 5) is 18.2. The number of amides is 1. The first-order valence-corrected chi connectivity index (χ1v) is 7.46. The Morgan fingerprint density at radius 2 is 2.27 bits per heavy atom. The number of likely N-dealkylation sites (tertiary alicyclic amines) is 1. The predicted octanol–water partition coefficient (Wildman–Crippen LogP) is 1.53. The summed E-state index contributed by atoms with van der Waals surface area (Å²) >= 11 is 0. The van der Waals surface area contributed by atoms with Crippen LogP contribution in [0.2, 0.25) is 0 Å². The van der Waals surface area contributed by atoms with Gasteiger partial charge in [-0.05, 0) is 30.7 Å². The minimum absolute atomic E-state index is 0.0437. The van der Waals surface area contributed by atoms with Gasteiger partial charge in [-0.15, -0.1) is 0 Å². The zero-order chi connectivity index (χ0) is 15.7. The Bertz CT molecular complexity index is 555. The highest BCUT2D eigenvalue weighted by atomic mass is 19.3. The third kappa shape index (κ3) is 3.04. The zero-order valence-corrected chi connectivity index (χ0v) is 12.1. The van der Waals surface area contributed by atoms with Gasteiger partial charge >= 0.3 is 0 Å². The summed E-state index contributed by atoms with van der Waals surface area (Å²) in [6.45, 7) is 0.653. The summed E-state index contributed by atoms with van der Waals surface area (Å²) in [5.41, 5.74) is 6.48. The Hall–Kier alpha value is -1.76. The molecule has 3 unspecified atom stereocenters. The van der Waals surface area contributed by atoms with Crippen LogP contribution < -0.4 is 10.5 Å². The van der Waals surface area contributed by atoms with Gasteiger partial charge in [0.15, 0.2) is 6.61 Å². The molecule has 1 saturated heterocycles. The van der Waals surface area contributed by atoms with Gasteiger partial charge in [0.25, 0.3) is 12.3 Å². The van der Waals surface area contributed by atoms with Crippen LogP contribution in [0.3, 0.4) is 0 Å². The van der Waals surface area contributed by atoms with Crippen LogP contribution in [-0.2, 0) is 0 Å². The number of fused-ring (bicyclic) bond motifs is 1. The largest absolute Gasteiger partial charge is 0.472 e. The van der Waals surface area contributed by atoms with Gasteiger partial charge in [0, 0.05) is 37.0 Å². The number of halogens is 2. The van der Waals surface area contributed by atoms with Crippen molar-refractivity contribution in [2.45, 2.75) is 25.3 Å². The van der Waals surface area contributed by atoms with Crippen molar-refractivity contribution >= 4 is 5.91 Å². The third-order valence-electron chi connectivity index (χ3n) is 4.54. The van der Waals surface area contributed by atoms with Gasteiger partial charge in [-0.1, -0.05) is 0 Å². The Kier molecular flexibility index (Phi) is 4.24. The molecule has 1 aliphatic heterocycles. The second-order valence-corrected chi connectivity index (χ2v) is 5.96. The van der Waals surface area contributed by atoms with Gasteiger partial charge in [0.05, 0.1) is 0 Å². The predicted molar refractivity (Wildman–Crippen MR) is 75.8 cm³/mol. The highest BCUT2D eigenvalue weighted by molar-refractivity contribution is 5.94. The second-order valence-electron chi connectivity index (χ2n) is 5.96. The fraction of sp³-hybridized carbons (Fsp3) is 0.600. The summed E-state index contributed by atoms with van der Waals surface area (Å²) in [5.74, 6) is 0.781. The van der Waals surface area contributed by atoms with Crippen LogP contribution in [0.4, 0.5) is 8.78 Å². The molecule has 1 saturated carbocycles. The molecule has 2 aliphatic rings. The monoisotopic (exact) mass is 311 g/mol. The molecule has 1 amide bonds. The maximum Gasteiger partial charge on any atom is 0.272 e. The molecule has 5 nitrogen and oxygen atoms in total. The quantitative estimate of drug-likeness (QED) is 0.916. The highest BCUT2D eigenvalue weighted by Crippen LogP contribution is 2.37. The molecule has 2 N–H and O–H groups in total. The molecule has 1 aromatic rings. The van der Waals surface area contributed by atoms with Crippen LogP contribution in [-0.4, -0.2) is 48.0 Å². The molecule has 120 valence electrons. The van der Waals surface area contributed by atoms with Gasteiger partial charge in [-0.2, -0.15) is 0 Å². The number of rotatable bonds is 4.